The van der Waals surface area contributed by atoms with Gasteiger partial charge in [0, 0.05) is 25.0 Å². The Morgan fingerprint density at radius 1 is 0.462 bits per heavy atom. The molecular weight excluding hydrogens is 1690 g/mol. The molecule has 0 aliphatic carbocycles. The van der Waals surface area contributed by atoms with Crippen molar-refractivity contribution in [3.05, 3.63) is 65.5 Å². The van der Waals surface area contributed by atoms with E-state index in [2.05, 4.69) is 190 Å². The van der Waals surface area contributed by atoms with Crippen LogP contribution in [0, 0.1) is 32.1 Å². The molecule has 5 N–H and O–H groups in total. The minimum absolute atomic E-state index is 0.200. The number of nitrogens with one attached hydrogen (secondary N) is 5. The molecule has 0 radical (unpaired) electrons. The van der Waals surface area contributed by atoms with Crippen LogP contribution in [0.3, 0.4) is 0 Å². The summed E-state index contributed by atoms with van der Waals surface area (Å²) in [6.45, 7) is 7.79. The first-order valence-corrected chi connectivity index (χ1v) is 25.2. The Morgan fingerprint density at radius 3 is 1.04 bits per heavy atom. The van der Waals surface area contributed by atoms with Gasteiger partial charge in [-0.25, -0.2) is 0 Å². The van der Waals surface area contributed by atoms with E-state index in [-0.39, 0.29) is 36.0 Å². The van der Waals surface area contributed by atoms with Crippen LogP contribution in [0.1, 0.15) is 70.7 Å². The number of carbonyl (C=O) groups excluding carboxylic acids is 4. The summed E-state index contributed by atoms with van der Waals surface area (Å²) in [6, 6.07) is 0. The molecule has 282 valence electrons. The maximum atomic E-state index is 13.8. The maximum Gasteiger partial charge on any atom is 0.253 e. The molecule has 52 heavy (non-hydrogen) atoms. The SMILES string of the molecule is CCc1c(I)c(CC)c(I)c(NC(=O)CNC(=O)c2c(I)c(NOC)c(I)c(C(=O)NCC(=O)Nc3c(I)c(CC)c(I)c(CC)c3I)c2I)c1I. The molecule has 10 nitrogen and oxygen atoms in total. The number of benzene rings is 3. The first-order chi connectivity index (χ1) is 24.5. The standard InChI is InChI=1S/C33H32I9N5O5/c1-6-12-20(34)13(7-2)23(37)29(22(12)36)45-16(48)10-43-32(50)18-26(40)19(28(42)31(27(18)41)47-52-5)33(51)44-11-17(49)46-30-24(38)14(8-3)21(35)15(9-4)25(30)39/h47H,6-11H2,1-5H3,(H,43,50)(H,44,51)(H,45,48)(H,46,49). The number of hydrogen-bond acceptors (Lipinski definition) is 6. The zero-order chi connectivity index (χ0) is 39.2. The number of carbonyl (C=O) groups is 4. The van der Waals surface area contributed by atoms with Crippen molar-refractivity contribution in [3.8, 4) is 0 Å². The lowest BCUT2D eigenvalue weighted by atomic mass is 10.1. The van der Waals surface area contributed by atoms with E-state index in [9.17, 15) is 19.2 Å². The molecule has 0 aromatic heterocycles. The molecule has 4 amide bonds. The van der Waals surface area contributed by atoms with Crippen molar-refractivity contribution in [2.24, 2.45) is 0 Å². The highest BCUT2D eigenvalue weighted by molar-refractivity contribution is 14.1. The number of amides is 4. The highest BCUT2D eigenvalue weighted by atomic mass is 127. The summed E-state index contributed by atoms with van der Waals surface area (Å²) in [5.74, 6) is -1.83. The van der Waals surface area contributed by atoms with E-state index in [4.69, 9.17) is 4.84 Å². The third-order valence-electron chi connectivity index (χ3n) is 7.73. The topological polar surface area (TPSA) is 138 Å². The van der Waals surface area contributed by atoms with Gasteiger partial charge >= 0.3 is 0 Å². The monoisotopic (exact) mass is 1720 g/mol. The van der Waals surface area contributed by atoms with E-state index in [1.807, 2.05) is 67.8 Å². The van der Waals surface area contributed by atoms with Gasteiger partial charge in [0.15, 0.2) is 0 Å². The predicted octanol–water partition coefficient (Wildman–Crippen LogP) is 10.1. The molecule has 0 atom stereocenters. The Kier molecular flexibility index (Phi) is 20.7. The molecule has 0 aliphatic rings. The summed E-state index contributed by atoms with van der Waals surface area (Å²) in [4.78, 5) is 59.2. The third kappa shape index (κ3) is 10.9. The molecule has 19 heteroatoms. The van der Waals surface area contributed by atoms with E-state index >= 15 is 0 Å². The van der Waals surface area contributed by atoms with Gasteiger partial charge in [0.2, 0.25) is 11.8 Å². The van der Waals surface area contributed by atoms with Gasteiger partial charge in [-0.05, 0) is 251 Å². The summed E-state index contributed by atoms with van der Waals surface area (Å²) in [5, 5.41) is 11.5. The van der Waals surface area contributed by atoms with Gasteiger partial charge in [0.1, 0.15) is 0 Å². The zero-order valence-electron chi connectivity index (χ0n) is 28.2. The highest BCUT2D eigenvalue weighted by Crippen LogP contribution is 2.38. The predicted molar refractivity (Wildman–Crippen MR) is 284 cm³/mol. The van der Waals surface area contributed by atoms with E-state index in [1.165, 1.54) is 36.5 Å². The fraction of sp³-hybridized carbons (Fsp3) is 0.333. The quantitative estimate of drug-likeness (QED) is 0.0806. The van der Waals surface area contributed by atoms with Crippen molar-refractivity contribution >= 4 is 244 Å². The lowest BCUT2D eigenvalue weighted by Crippen LogP contribution is -2.36. The van der Waals surface area contributed by atoms with Gasteiger partial charge in [-0.3, -0.25) is 29.5 Å². The molecule has 3 aromatic rings. The normalized spacial score (nSPS) is 11.0. The molecule has 0 saturated heterocycles. The Labute approximate surface area is 426 Å². The van der Waals surface area contributed by atoms with E-state index in [1.54, 1.807) is 0 Å². The zero-order valence-corrected chi connectivity index (χ0v) is 47.6. The molecular formula is C33H32I9N5O5. The number of anilines is 3. The number of halogens is 9. The maximum absolute atomic E-state index is 13.8. The summed E-state index contributed by atoms with van der Waals surface area (Å²) in [5.41, 5.74) is 9.80. The van der Waals surface area contributed by atoms with Gasteiger partial charge in [-0.1, -0.05) is 27.7 Å². The molecule has 0 saturated carbocycles. The van der Waals surface area contributed by atoms with Crippen LogP contribution < -0.4 is 26.7 Å². The van der Waals surface area contributed by atoms with Crippen LogP contribution in [0.5, 0.6) is 0 Å². The van der Waals surface area contributed by atoms with Gasteiger partial charge in [-0.15, -0.1) is 0 Å². The average Bonchev–Trinajstić information content (AvgIpc) is 3.09. The van der Waals surface area contributed by atoms with Crippen molar-refractivity contribution in [2.45, 2.75) is 53.4 Å². The van der Waals surface area contributed by atoms with Gasteiger partial charge in [0.05, 0.1) is 55.5 Å². The second kappa shape index (κ2) is 22.3. The van der Waals surface area contributed by atoms with Crippen molar-refractivity contribution in [2.75, 3.05) is 36.3 Å². The fourth-order valence-electron chi connectivity index (χ4n) is 5.13. The van der Waals surface area contributed by atoms with Crippen LogP contribution in [0.15, 0.2) is 0 Å². The van der Waals surface area contributed by atoms with E-state index in [0.29, 0.717) is 16.4 Å². The molecule has 0 aliphatic heterocycles. The van der Waals surface area contributed by atoms with Crippen molar-refractivity contribution in [1.82, 2.24) is 10.6 Å². The second-order valence-corrected chi connectivity index (χ2v) is 20.5. The van der Waals surface area contributed by atoms with Crippen molar-refractivity contribution in [1.29, 1.82) is 0 Å². The summed E-state index contributed by atoms with van der Waals surface area (Å²) in [7, 11) is 1.43. The molecule has 3 aromatic carbocycles. The van der Waals surface area contributed by atoms with Gasteiger partial charge in [0.25, 0.3) is 11.8 Å². The van der Waals surface area contributed by atoms with E-state index < -0.39 is 11.8 Å². The van der Waals surface area contributed by atoms with Crippen LogP contribution in [-0.2, 0) is 40.1 Å². The lowest BCUT2D eigenvalue weighted by Gasteiger charge is -2.20. The highest BCUT2D eigenvalue weighted by Gasteiger charge is 2.29. The van der Waals surface area contributed by atoms with E-state index in [0.717, 1.165) is 51.3 Å². The largest absolute Gasteiger partial charge is 0.343 e. The molecule has 0 fully saturated rings. The molecule has 0 bridgehead atoms. The Morgan fingerprint density at radius 2 is 0.769 bits per heavy atom. The molecule has 0 spiro atoms. The van der Waals surface area contributed by atoms with Crippen LogP contribution in [-0.4, -0.2) is 43.8 Å². The Bertz CT molecular complexity index is 1750. The first-order valence-electron chi connectivity index (χ1n) is 15.5. The Hall–Kier alpha value is 1.87. The average molecular weight is 1720 g/mol. The lowest BCUT2D eigenvalue weighted by molar-refractivity contribution is -0.116. The molecule has 0 heterocycles. The minimum atomic E-state index is -0.539. The van der Waals surface area contributed by atoms with Crippen LogP contribution in [0.2, 0.25) is 0 Å². The summed E-state index contributed by atoms with van der Waals surface area (Å²) in [6.07, 6.45) is 3.31. The second-order valence-electron chi connectivity index (χ2n) is 10.8. The number of hydrogen-bond donors (Lipinski definition) is 5. The summed E-state index contributed by atoms with van der Waals surface area (Å²) < 4.78 is 7.70. The van der Waals surface area contributed by atoms with Crippen molar-refractivity contribution < 1.29 is 24.0 Å². The Balaban J connectivity index is 1.87. The minimum Gasteiger partial charge on any atom is -0.343 e. The van der Waals surface area contributed by atoms with Crippen LogP contribution in [0.4, 0.5) is 17.1 Å². The van der Waals surface area contributed by atoms with Gasteiger partial charge < -0.3 is 21.3 Å². The molecule has 3 rings (SSSR count). The van der Waals surface area contributed by atoms with Crippen LogP contribution >= 0.6 is 203 Å². The van der Waals surface area contributed by atoms with Crippen molar-refractivity contribution in [3.63, 3.8) is 0 Å². The first kappa shape index (κ1) is 48.2. The van der Waals surface area contributed by atoms with Gasteiger partial charge in [-0.2, -0.15) is 0 Å². The third-order valence-corrected chi connectivity index (χ3v) is 18.3. The van der Waals surface area contributed by atoms with Crippen LogP contribution in [0.25, 0.3) is 0 Å². The fourth-order valence-corrected chi connectivity index (χ4v) is 19.4. The number of rotatable bonds is 14. The smallest absolute Gasteiger partial charge is 0.253 e. The summed E-state index contributed by atoms with van der Waals surface area (Å²) >= 11 is 19.8. The molecule has 0 unspecified atom stereocenters.